The van der Waals surface area contributed by atoms with Gasteiger partial charge in [0.15, 0.2) is 5.65 Å². The first-order valence-corrected chi connectivity index (χ1v) is 17.5. The van der Waals surface area contributed by atoms with Gasteiger partial charge < -0.3 is 0 Å². The molecule has 2 aromatic carbocycles. The zero-order chi connectivity index (χ0) is 25.0. The predicted molar refractivity (Wildman–Crippen MR) is 157 cm³/mol. The Labute approximate surface area is 228 Å². The van der Waals surface area contributed by atoms with Crippen molar-refractivity contribution in [2.75, 3.05) is 0 Å². The maximum absolute atomic E-state index is 12.6. The lowest BCUT2D eigenvalue weighted by molar-refractivity contribution is -0.119. The Hall–Kier alpha value is -1.96. The van der Waals surface area contributed by atoms with Gasteiger partial charge in [-0.25, -0.2) is 9.44 Å². The van der Waals surface area contributed by atoms with E-state index in [-0.39, 0.29) is 5.41 Å². The Morgan fingerprint density at radius 1 is 1.03 bits per heavy atom. The number of nitrogens with zero attached hydrogens (tertiary/aromatic N) is 3. The van der Waals surface area contributed by atoms with E-state index in [9.17, 15) is 9.00 Å². The van der Waals surface area contributed by atoms with Crippen molar-refractivity contribution < 1.29 is 9.00 Å². The smallest absolute Gasteiger partial charge is 0.162 e. The van der Waals surface area contributed by atoms with Gasteiger partial charge in [0, 0.05) is 45.7 Å². The summed E-state index contributed by atoms with van der Waals surface area (Å²) in [6.45, 7) is 4.34. The maximum Gasteiger partial charge on any atom is 0.162 e. The van der Waals surface area contributed by atoms with E-state index in [0.717, 1.165) is 57.6 Å². The van der Waals surface area contributed by atoms with E-state index < -0.39 is 10.8 Å². The molecule has 0 N–H and O–H groups in total. The zero-order valence-electron chi connectivity index (χ0n) is 20.3. The summed E-state index contributed by atoms with van der Waals surface area (Å²) in [7, 11) is -0.911. The van der Waals surface area contributed by atoms with Crippen LogP contribution in [0.25, 0.3) is 33.4 Å². The Kier molecular flexibility index (Phi) is 6.37. The van der Waals surface area contributed by atoms with Crippen molar-refractivity contribution >= 4 is 56.0 Å². The molecular weight excluding hydrogens is 600 g/mol. The quantitative estimate of drug-likeness (QED) is 0.136. The maximum atomic E-state index is 12.6. The molecule has 0 amide bonds. The highest BCUT2D eigenvalue weighted by atomic mass is 127. The molecule has 2 aliphatic carbocycles. The molecule has 5 nitrogen and oxygen atoms in total. The number of pyridine rings is 1. The molecule has 4 aromatic rings. The number of aromatic nitrogens is 3. The van der Waals surface area contributed by atoms with Crippen LogP contribution in [0, 0.1) is 0 Å². The fraction of sp³-hybridized carbons (Fsp3) is 0.321. The normalized spacial score (nSPS) is 18.5. The van der Waals surface area contributed by atoms with Crippen LogP contribution in [-0.4, -0.2) is 29.8 Å². The van der Waals surface area contributed by atoms with E-state index >= 15 is 0 Å². The Morgan fingerprint density at radius 3 is 2.50 bits per heavy atom. The Morgan fingerprint density at radius 2 is 1.78 bits per heavy atom. The van der Waals surface area contributed by atoms with Crippen molar-refractivity contribution in [2.45, 2.75) is 61.5 Å². The lowest BCUT2D eigenvalue weighted by Crippen LogP contribution is -2.20. The third-order valence-electron chi connectivity index (χ3n) is 7.27. The highest BCUT2D eigenvalue weighted by Crippen LogP contribution is 2.39. The lowest BCUT2D eigenvalue weighted by atomic mass is 9.78. The Bertz CT molecular complexity index is 1530. The highest BCUT2D eigenvalue weighted by molar-refractivity contribution is 14.2. The first kappa shape index (κ1) is 24.4. The number of aryl methyl sites for hydroxylation is 1. The molecule has 2 aromatic heterocycles. The van der Waals surface area contributed by atoms with Crippen LogP contribution in [0.4, 0.5) is 0 Å². The summed E-state index contributed by atoms with van der Waals surface area (Å²) in [5, 5.41) is 6.23. The van der Waals surface area contributed by atoms with E-state index in [2.05, 4.69) is 60.2 Å². The fourth-order valence-corrected chi connectivity index (χ4v) is 7.97. The topological polar surface area (TPSA) is 64.8 Å². The highest BCUT2D eigenvalue weighted by Gasteiger charge is 2.30. The summed E-state index contributed by atoms with van der Waals surface area (Å²) in [6, 6.07) is 16.8. The van der Waals surface area contributed by atoms with Crippen molar-refractivity contribution in [3.63, 3.8) is 0 Å². The van der Waals surface area contributed by atoms with Crippen LogP contribution in [-0.2, 0) is 27.4 Å². The van der Waals surface area contributed by atoms with Crippen LogP contribution >= 0.6 is 28.4 Å². The van der Waals surface area contributed by atoms with Gasteiger partial charge in [0.2, 0.25) is 0 Å². The largest absolute Gasteiger partial charge is 0.300 e. The third kappa shape index (κ3) is 4.48. The summed E-state index contributed by atoms with van der Waals surface area (Å²) in [4.78, 5) is 18.1. The van der Waals surface area contributed by atoms with E-state index in [1.54, 1.807) is 0 Å². The average Bonchev–Trinajstić information content (AvgIpc) is 3.68. The van der Waals surface area contributed by atoms with Crippen molar-refractivity contribution in [3.05, 3.63) is 65.9 Å². The molecule has 0 radical (unpaired) electrons. The third-order valence-corrected chi connectivity index (χ3v) is 10.9. The molecule has 1 fully saturated rings. The molecule has 6 rings (SSSR count). The summed E-state index contributed by atoms with van der Waals surface area (Å²) in [6.07, 6.45) is 6.50. The Balaban J connectivity index is 1.43. The van der Waals surface area contributed by atoms with Gasteiger partial charge >= 0.3 is 0 Å². The number of hydrogen-bond donors (Lipinski definition) is 0. The summed E-state index contributed by atoms with van der Waals surface area (Å²) >= 11 is 2.34. The lowest BCUT2D eigenvalue weighted by Gasteiger charge is -2.25. The zero-order valence-corrected chi connectivity index (χ0v) is 24.2. The molecule has 8 heteroatoms. The molecule has 2 unspecified atom stereocenters. The molecule has 0 aliphatic heterocycles. The van der Waals surface area contributed by atoms with Crippen LogP contribution in [0.5, 0.6) is 0 Å². The summed E-state index contributed by atoms with van der Waals surface area (Å²) in [5.41, 5.74) is 7.27. The summed E-state index contributed by atoms with van der Waals surface area (Å²) < 4.78 is 14.5. The van der Waals surface area contributed by atoms with Crippen molar-refractivity contribution in [3.8, 4) is 22.4 Å². The van der Waals surface area contributed by atoms with Crippen LogP contribution < -0.4 is 0 Å². The van der Waals surface area contributed by atoms with Crippen LogP contribution in [0.2, 0.25) is 0 Å². The molecule has 1 saturated carbocycles. The minimum atomic E-state index is -0.911. The van der Waals surface area contributed by atoms with E-state index in [1.165, 1.54) is 11.1 Å². The molecular formula is C28H27IN3O2PS. The number of benzene rings is 2. The minimum Gasteiger partial charge on any atom is -0.300 e. The molecule has 0 spiro atoms. The molecule has 36 heavy (non-hydrogen) atoms. The van der Waals surface area contributed by atoms with Crippen LogP contribution in [0.1, 0.15) is 50.7 Å². The van der Waals surface area contributed by atoms with E-state index in [0.29, 0.717) is 30.2 Å². The molecule has 2 heterocycles. The number of fused-ring (bicyclic) bond motifs is 2. The number of Topliss-reactive ketones (excluding diaryl/α,β-unsaturated/α-hetero) is 1. The van der Waals surface area contributed by atoms with Gasteiger partial charge in [-0.1, -0.05) is 44.2 Å². The SMILES string of the molecule is CC1(C)CC(=O)CCc2ccc(-c3cnc4c(c3)c(-c3ccc(S(=O)C5CC5)cc3)nn4PI)cc21. The van der Waals surface area contributed by atoms with E-state index in [1.807, 2.05) is 34.9 Å². The molecule has 2 aliphatic rings. The predicted octanol–water partition coefficient (Wildman–Crippen LogP) is 7.01. The van der Waals surface area contributed by atoms with Crippen LogP contribution in [0.15, 0.2) is 59.6 Å². The van der Waals surface area contributed by atoms with E-state index in [4.69, 9.17) is 10.1 Å². The van der Waals surface area contributed by atoms with Crippen molar-refractivity contribution in [1.29, 1.82) is 0 Å². The van der Waals surface area contributed by atoms with Gasteiger partial charge in [-0.2, -0.15) is 5.10 Å². The summed E-state index contributed by atoms with van der Waals surface area (Å²) in [5.74, 6) is 0.338. The number of halogens is 1. The number of carbonyl (C=O) groups is 1. The standard InChI is InChI=1S/C28H27IN3O2PS/c1-28(2)15-21(33)8-5-17-3-4-19(14-25(17)28)20-13-24-26(31-32(35-29)27(24)30-16-20)18-6-9-22(10-7-18)36(34)23-11-12-23/h3-4,6-7,9-10,13-14,16,23,35H,5,8,11-12,15H2,1-2H3. The number of ketones is 1. The second-order valence-corrected chi connectivity index (χ2v) is 14.2. The van der Waals surface area contributed by atoms with Gasteiger partial charge in [-0.15, -0.1) is 0 Å². The molecule has 2 atom stereocenters. The van der Waals surface area contributed by atoms with Gasteiger partial charge in [0.05, 0.1) is 17.2 Å². The second-order valence-electron chi connectivity index (χ2n) is 10.4. The molecule has 0 bridgehead atoms. The van der Waals surface area contributed by atoms with Gasteiger partial charge in [0.1, 0.15) is 11.5 Å². The first-order valence-electron chi connectivity index (χ1n) is 12.3. The molecule has 184 valence electrons. The number of carbonyl (C=O) groups excluding carboxylic acids is 1. The van der Waals surface area contributed by atoms with Crippen LogP contribution in [0.3, 0.4) is 0 Å². The van der Waals surface area contributed by atoms with Gasteiger partial charge in [0.25, 0.3) is 0 Å². The van der Waals surface area contributed by atoms with Gasteiger partial charge in [-0.05, 0) is 81.6 Å². The van der Waals surface area contributed by atoms with Crippen molar-refractivity contribution in [2.24, 2.45) is 0 Å². The average molecular weight is 627 g/mol. The monoisotopic (exact) mass is 627 g/mol. The van der Waals surface area contributed by atoms with Gasteiger partial charge in [-0.3, -0.25) is 9.00 Å². The fourth-order valence-electron chi connectivity index (χ4n) is 5.21. The molecule has 0 saturated heterocycles. The number of hydrogen-bond acceptors (Lipinski definition) is 4. The first-order chi connectivity index (χ1) is 17.3. The second kappa shape index (κ2) is 9.41. The van der Waals surface area contributed by atoms with Crippen molar-refractivity contribution in [1.82, 2.24) is 14.5 Å². The number of rotatable bonds is 5. The minimum absolute atomic E-state index is 0.183.